The van der Waals surface area contributed by atoms with Crippen LogP contribution in [-0.2, 0) is 9.47 Å². The van der Waals surface area contributed by atoms with Gasteiger partial charge in [0.15, 0.2) is 13.6 Å². The summed E-state index contributed by atoms with van der Waals surface area (Å²) in [4.78, 5) is 0. The maximum absolute atomic E-state index is 5.70. The number of hydrogen-bond donors (Lipinski definition) is 0. The second-order valence-corrected chi connectivity index (χ2v) is 5.93. The van der Waals surface area contributed by atoms with Crippen LogP contribution >= 0.6 is 31.9 Å². The van der Waals surface area contributed by atoms with E-state index in [1.807, 2.05) is 36.4 Å². The molecule has 0 bridgehead atoms. The fourth-order valence-electron chi connectivity index (χ4n) is 1.92. The first-order valence-corrected chi connectivity index (χ1v) is 8.08. The SMILES string of the molecule is COCOc1cc(OCOC)c(-c2ccccc2)c(Br)c1Br. The number of hydrogen-bond acceptors (Lipinski definition) is 4. The summed E-state index contributed by atoms with van der Waals surface area (Å²) in [6.07, 6.45) is 0. The number of methoxy groups -OCH3 is 2. The van der Waals surface area contributed by atoms with Gasteiger partial charge in [-0.3, -0.25) is 0 Å². The topological polar surface area (TPSA) is 36.9 Å². The zero-order valence-corrected chi connectivity index (χ0v) is 15.4. The van der Waals surface area contributed by atoms with Gasteiger partial charge in [0.2, 0.25) is 0 Å². The van der Waals surface area contributed by atoms with E-state index in [9.17, 15) is 0 Å². The van der Waals surface area contributed by atoms with Gasteiger partial charge in [-0.05, 0) is 37.4 Å². The van der Waals surface area contributed by atoms with E-state index in [0.717, 1.165) is 20.1 Å². The molecule has 0 radical (unpaired) electrons. The molecule has 4 nitrogen and oxygen atoms in total. The maximum atomic E-state index is 5.70. The van der Waals surface area contributed by atoms with Crippen molar-refractivity contribution in [3.8, 4) is 22.6 Å². The zero-order valence-electron chi connectivity index (χ0n) is 12.3. The molecule has 0 aliphatic rings. The van der Waals surface area contributed by atoms with Crippen molar-refractivity contribution in [2.75, 3.05) is 27.8 Å². The maximum Gasteiger partial charge on any atom is 0.188 e. The lowest BCUT2D eigenvalue weighted by molar-refractivity contribution is 0.0458. The summed E-state index contributed by atoms with van der Waals surface area (Å²) >= 11 is 7.16. The number of ether oxygens (including phenoxy) is 4. The van der Waals surface area contributed by atoms with Crippen LogP contribution in [0.3, 0.4) is 0 Å². The Morgan fingerprint density at radius 3 is 2.00 bits per heavy atom. The molecule has 6 heteroatoms. The van der Waals surface area contributed by atoms with Crippen LogP contribution in [0, 0.1) is 0 Å². The van der Waals surface area contributed by atoms with Crippen molar-refractivity contribution in [3.05, 3.63) is 45.3 Å². The predicted octanol–water partition coefficient (Wildman–Crippen LogP) is 4.84. The summed E-state index contributed by atoms with van der Waals surface area (Å²) < 4.78 is 22.9. The van der Waals surface area contributed by atoms with E-state index in [2.05, 4.69) is 31.9 Å². The highest BCUT2D eigenvalue weighted by Gasteiger charge is 2.18. The average Bonchev–Trinajstić information content (AvgIpc) is 2.55. The minimum absolute atomic E-state index is 0.150. The molecule has 2 rings (SSSR count). The standard InChI is InChI=1S/C16H16Br2O4/c1-19-9-21-12-8-13(22-10-20-2)15(17)16(18)14(12)11-6-4-3-5-7-11/h3-8H,9-10H2,1-2H3. The molecule has 0 N–H and O–H groups in total. The Hall–Kier alpha value is -1.08. The minimum atomic E-state index is 0.150. The summed E-state index contributed by atoms with van der Waals surface area (Å²) in [5, 5.41) is 0. The summed E-state index contributed by atoms with van der Waals surface area (Å²) in [5.74, 6) is 1.29. The van der Waals surface area contributed by atoms with Crippen LogP contribution < -0.4 is 9.47 Å². The van der Waals surface area contributed by atoms with Crippen LogP contribution in [0.5, 0.6) is 11.5 Å². The normalized spacial score (nSPS) is 10.5. The van der Waals surface area contributed by atoms with Crippen LogP contribution in [0.1, 0.15) is 0 Å². The molecule has 22 heavy (non-hydrogen) atoms. The van der Waals surface area contributed by atoms with Crippen LogP contribution in [0.4, 0.5) is 0 Å². The van der Waals surface area contributed by atoms with Crippen LogP contribution in [0.25, 0.3) is 11.1 Å². The van der Waals surface area contributed by atoms with Crippen LogP contribution in [0.15, 0.2) is 45.3 Å². The third-order valence-corrected chi connectivity index (χ3v) is 4.98. The Bertz CT molecular complexity index is 617. The van der Waals surface area contributed by atoms with Gasteiger partial charge in [0.1, 0.15) is 11.5 Å². The van der Waals surface area contributed by atoms with E-state index in [1.54, 1.807) is 14.2 Å². The van der Waals surface area contributed by atoms with E-state index in [1.165, 1.54) is 0 Å². The van der Waals surface area contributed by atoms with Gasteiger partial charge in [-0.2, -0.15) is 0 Å². The largest absolute Gasteiger partial charge is 0.467 e. The molecule has 2 aromatic carbocycles. The second kappa shape index (κ2) is 8.53. The smallest absolute Gasteiger partial charge is 0.188 e. The van der Waals surface area contributed by atoms with Gasteiger partial charge >= 0.3 is 0 Å². The molecule has 0 heterocycles. The molecule has 118 valence electrons. The minimum Gasteiger partial charge on any atom is -0.467 e. The summed E-state index contributed by atoms with van der Waals surface area (Å²) in [5.41, 5.74) is 1.95. The zero-order chi connectivity index (χ0) is 15.9. The summed E-state index contributed by atoms with van der Waals surface area (Å²) in [6, 6.07) is 11.8. The van der Waals surface area contributed by atoms with Gasteiger partial charge in [0.25, 0.3) is 0 Å². The second-order valence-electron chi connectivity index (χ2n) is 4.34. The molecule has 0 amide bonds. The van der Waals surface area contributed by atoms with E-state index in [0.29, 0.717) is 11.5 Å². The fraction of sp³-hybridized carbons (Fsp3) is 0.250. The highest BCUT2D eigenvalue weighted by atomic mass is 79.9. The van der Waals surface area contributed by atoms with Crippen molar-refractivity contribution in [2.24, 2.45) is 0 Å². The number of rotatable bonds is 7. The Morgan fingerprint density at radius 1 is 0.818 bits per heavy atom. The van der Waals surface area contributed by atoms with Gasteiger partial charge < -0.3 is 18.9 Å². The van der Waals surface area contributed by atoms with Crippen molar-refractivity contribution in [2.45, 2.75) is 0 Å². The highest BCUT2D eigenvalue weighted by molar-refractivity contribution is 9.13. The molecule has 0 aromatic heterocycles. The van der Waals surface area contributed by atoms with Gasteiger partial charge in [0.05, 0.1) is 4.47 Å². The lowest BCUT2D eigenvalue weighted by atomic mass is 10.0. The van der Waals surface area contributed by atoms with Gasteiger partial charge in [0, 0.05) is 30.3 Å². The van der Waals surface area contributed by atoms with E-state index < -0.39 is 0 Å². The summed E-state index contributed by atoms with van der Waals surface area (Å²) in [6.45, 7) is 0.303. The molecular formula is C16H16Br2O4. The molecule has 0 aliphatic heterocycles. The Labute approximate surface area is 146 Å². The molecular weight excluding hydrogens is 416 g/mol. The van der Waals surface area contributed by atoms with Crippen molar-refractivity contribution >= 4 is 31.9 Å². The molecule has 0 atom stereocenters. The third kappa shape index (κ3) is 4.01. The van der Waals surface area contributed by atoms with Crippen molar-refractivity contribution < 1.29 is 18.9 Å². The monoisotopic (exact) mass is 430 g/mol. The highest BCUT2D eigenvalue weighted by Crippen LogP contribution is 2.46. The molecule has 0 spiro atoms. The Morgan fingerprint density at radius 2 is 1.41 bits per heavy atom. The van der Waals surface area contributed by atoms with E-state index in [-0.39, 0.29) is 13.6 Å². The Kier molecular flexibility index (Phi) is 6.70. The third-order valence-electron chi connectivity index (χ3n) is 2.86. The molecule has 0 fully saturated rings. The van der Waals surface area contributed by atoms with Crippen molar-refractivity contribution in [3.63, 3.8) is 0 Å². The quantitative estimate of drug-likeness (QED) is 0.587. The molecule has 0 saturated carbocycles. The van der Waals surface area contributed by atoms with Gasteiger partial charge in [-0.15, -0.1) is 0 Å². The Balaban J connectivity index is 2.52. The lowest BCUT2D eigenvalue weighted by Crippen LogP contribution is -2.04. The molecule has 0 aliphatic carbocycles. The fourth-order valence-corrected chi connectivity index (χ4v) is 2.97. The number of benzene rings is 2. The molecule has 0 saturated heterocycles. The van der Waals surface area contributed by atoms with Gasteiger partial charge in [-0.25, -0.2) is 0 Å². The molecule has 0 unspecified atom stereocenters. The van der Waals surface area contributed by atoms with E-state index in [4.69, 9.17) is 18.9 Å². The predicted molar refractivity (Wildman–Crippen MR) is 92.3 cm³/mol. The number of halogens is 2. The molecule has 2 aromatic rings. The summed E-state index contributed by atoms with van der Waals surface area (Å²) in [7, 11) is 3.15. The first-order valence-electron chi connectivity index (χ1n) is 6.50. The van der Waals surface area contributed by atoms with Crippen molar-refractivity contribution in [1.82, 2.24) is 0 Å². The van der Waals surface area contributed by atoms with Crippen LogP contribution in [-0.4, -0.2) is 27.8 Å². The first-order chi connectivity index (χ1) is 10.7. The van der Waals surface area contributed by atoms with E-state index >= 15 is 0 Å². The lowest BCUT2D eigenvalue weighted by Gasteiger charge is -2.17. The van der Waals surface area contributed by atoms with Crippen molar-refractivity contribution in [1.29, 1.82) is 0 Å². The van der Waals surface area contributed by atoms with Gasteiger partial charge in [-0.1, -0.05) is 30.3 Å². The van der Waals surface area contributed by atoms with Crippen LogP contribution in [0.2, 0.25) is 0 Å². The average molecular weight is 432 g/mol. The first kappa shape index (κ1) is 17.3.